The Morgan fingerprint density at radius 3 is 2.61 bits per heavy atom. The zero-order valence-corrected chi connectivity index (χ0v) is 22.3. The largest absolute Gasteiger partial charge is 0.344 e. The first-order valence-electron chi connectivity index (χ1n) is 13.0. The number of aryl methyl sites for hydroxylation is 1. The van der Waals surface area contributed by atoms with Gasteiger partial charge in [0.2, 0.25) is 5.56 Å². The van der Waals surface area contributed by atoms with E-state index in [-0.39, 0.29) is 17.0 Å². The molecule has 0 unspecified atom stereocenters. The number of hydrogen-bond acceptors (Lipinski definition) is 5. The maximum atomic E-state index is 14.2. The minimum Gasteiger partial charge on any atom is -0.344 e. The highest BCUT2D eigenvalue weighted by Gasteiger charge is 2.23. The number of H-pyrrole nitrogens is 1. The Morgan fingerprint density at radius 2 is 1.83 bits per heavy atom. The van der Waals surface area contributed by atoms with E-state index in [1.54, 1.807) is 46.6 Å². The number of aromatic amines is 1. The summed E-state index contributed by atoms with van der Waals surface area (Å²) >= 11 is 0. The van der Waals surface area contributed by atoms with E-state index in [1.807, 2.05) is 55.5 Å². The summed E-state index contributed by atoms with van der Waals surface area (Å²) in [6.45, 7) is 3.60. The monoisotopic (exact) mass is 540 g/mol. The third kappa shape index (κ3) is 4.79. The lowest BCUT2D eigenvalue weighted by Crippen LogP contribution is -2.32. The lowest BCUT2D eigenvalue weighted by molar-refractivity contribution is 0.0939. The molecule has 1 amide bonds. The molecule has 9 nitrogen and oxygen atoms in total. The van der Waals surface area contributed by atoms with E-state index in [4.69, 9.17) is 0 Å². The fourth-order valence-electron chi connectivity index (χ4n) is 4.88. The van der Waals surface area contributed by atoms with E-state index in [9.17, 15) is 14.4 Å². The second kappa shape index (κ2) is 10.4. The normalized spacial score (nSPS) is 11.7. The van der Waals surface area contributed by atoms with Gasteiger partial charge in [0, 0.05) is 47.2 Å². The van der Waals surface area contributed by atoms with Gasteiger partial charge in [-0.1, -0.05) is 42.2 Å². The number of carbonyl (C=O) groups is 1. The molecule has 0 saturated heterocycles. The van der Waals surface area contributed by atoms with Gasteiger partial charge < -0.3 is 10.3 Å². The molecule has 6 rings (SSSR count). The second-order valence-corrected chi connectivity index (χ2v) is 9.55. The summed E-state index contributed by atoms with van der Waals surface area (Å²) in [5, 5.41) is 8.60. The predicted octanol–water partition coefficient (Wildman–Crippen LogP) is 3.92. The molecule has 0 bridgehead atoms. The fraction of sp³-hybridized carbons (Fsp3) is 0.0938. The zero-order chi connectivity index (χ0) is 28.5. The second-order valence-electron chi connectivity index (χ2n) is 9.55. The Labute approximate surface area is 234 Å². The molecule has 2 N–H and O–H groups in total. The van der Waals surface area contributed by atoms with Crippen molar-refractivity contribution in [1.29, 1.82) is 0 Å². The van der Waals surface area contributed by atoms with Gasteiger partial charge in [-0.15, -0.1) is 0 Å². The lowest BCUT2D eigenvalue weighted by Gasteiger charge is -2.21. The van der Waals surface area contributed by atoms with Crippen LogP contribution in [-0.4, -0.2) is 30.1 Å². The number of carbonyl (C=O) groups excluding carboxylic acids is 1. The van der Waals surface area contributed by atoms with Crippen molar-refractivity contribution in [1.82, 2.24) is 29.5 Å². The van der Waals surface area contributed by atoms with Gasteiger partial charge in [-0.2, -0.15) is 5.10 Å². The molecule has 6 aromatic rings. The summed E-state index contributed by atoms with van der Waals surface area (Å²) in [6, 6.07) is 20.9. The van der Waals surface area contributed by atoms with E-state index >= 15 is 0 Å². The van der Waals surface area contributed by atoms with Crippen LogP contribution in [0.3, 0.4) is 0 Å². The molecule has 0 radical (unpaired) electrons. The van der Waals surface area contributed by atoms with E-state index in [0.717, 1.165) is 0 Å². The van der Waals surface area contributed by atoms with Crippen molar-refractivity contribution >= 4 is 22.3 Å². The number of nitrogens with one attached hydrogen (secondary N) is 2. The summed E-state index contributed by atoms with van der Waals surface area (Å²) < 4.78 is 3.18. The van der Waals surface area contributed by atoms with Crippen LogP contribution < -0.4 is 16.4 Å². The molecular formula is C32H24N6O3. The number of amides is 1. The van der Waals surface area contributed by atoms with Crippen LogP contribution in [0.4, 0.5) is 0 Å². The maximum Gasteiger partial charge on any atom is 0.264 e. The molecule has 200 valence electrons. The van der Waals surface area contributed by atoms with E-state index in [1.165, 1.54) is 12.3 Å². The Kier molecular flexibility index (Phi) is 6.49. The molecule has 0 spiro atoms. The van der Waals surface area contributed by atoms with Crippen molar-refractivity contribution in [2.45, 2.75) is 19.9 Å². The van der Waals surface area contributed by atoms with Crippen molar-refractivity contribution < 1.29 is 4.79 Å². The summed E-state index contributed by atoms with van der Waals surface area (Å²) in [5.74, 6) is 5.78. The van der Waals surface area contributed by atoms with E-state index in [2.05, 4.69) is 32.2 Å². The SMILES string of the molecule is Cc1nn2cccnc2c1C(=O)N[C@@H](C)c1cc2cccc(C#Cc3ccc(=O)[nH]c3)c2c(=O)n1-c1ccccc1. The highest BCUT2D eigenvalue weighted by atomic mass is 16.2. The minimum absolute atomic E-state index is 0.215. The van der Waals surface area contributed by atoms with Crippen LogP contribution in [0.1, 0.15) is 45.8 Å². The molecule has 0 saturated carbocycles. The van der Waals surface area contributed by atoms with Crippen LogP contribution >= 0.6 is 0 Å². The number of nitrogens with zero attached hydrogens (tertiary/aromatic N) is 4. The number of hydrogen-bond donors (Lipinski definition) is 2. The first kappa shape index (κ1) is 25.5. The number of pyridine rings is 2. The average Bonchev–Trinajstić information content (AvgIpc) is 3.32. The molecule has 0 aliphatic carbocycles. The lowest BCUT2D eigenvalue weighted by atomic mass is 10.0. The van der Waals surface area contributed by atoms with Gasteiger partial charge >= 0.3 is 0 Å². The molecule has 2 aromatic carbocycles. The Hall–Kier alpha value is -5.75. The van der Waals surface area contributed by atoms with Crippen LogP contribution in [0.25, 0.3) is 22.1 Å². The average molecular weight is 541 g/mol. The Bertz CT molecular complexity index is 2110. The highest BCUT2D eigenvalue weighted by molar-refractivity contribution is 6.01. The van der Waals surface area contributed by atoms with Crippen LogP contribution in [-0.2, 0) is 0 Å². The summed E-state index contributed by atoms with van der Waals surface area (Å²) in [6.07, 6.45) is 4.89. The zero-order valence-electron chi connectivity index (χ0n) is 22.3. The molecule has 9 heteroatoms. The third-order valence-corrected chi connectivity index (χ3v) is 6.80. The summed E-state index contributed by atoms with van der Waals surface area (Å²) in [4.78, 5) is 46.0. The van der Waals surface area contributed by atoms with Crippen LogP contribution in [0.15, 0.2) is 101 Å². The van der Waals surface area contributed by atoms with Gasteiger partial charge in [-0.3, -0.25) is 19.0 Å². The number of rotatable bonds is 4. The van der Waals surface area contributed by atoms with Gasteiger partial charge in [0.1, 0.15) is 5.56 Å². The Balaban J connectivity index is 1.47. The summed E-state index contributed by atoms with van der Waals surface area (Å²) in [7, 11) is 0. The predicted molar refractivity (Wildman–Crippen MR) is 156 cm³/mol. The third-order valence-electron chi connectivity index (χ3n) is 6.80. The van der Waals surface area contributed by atoms with E-state index in [0.29, 0.717) is 50.2 Å². The number of fused-ring (bicyclic) bond motifs is 2. The molecule has 0 aliphatic heterocycles. The smallest absolute Gasteiger partial charge is 0.264 e. The van der Waals surface area contributed by atoms with Crippen molar-refractivity contribution in [3.8, 4) is 17.5 Å². The first-order valence-corrected chi connectivity index (χ1v) is 13.0. The number of benzene rings is 2. The molecule has 0 fully saturated rings. The molecule has 41 heavy (non-hydrogen) atoms. The van der Waals surface area contributed by atoms with Gasteiger partial charge in [-0.05, 0) is 55.6 Å². The van der Waals surface area contributed by atoms with Gasteiger partial charge in [0.25, 0.3) is 11.5 Å². The molecule has 0 aliphatic rings. The standard InChI is InChI=1S/C32H24N6O3/c1-20(35-31(40)28-21(2)36-37-17-7-16-33-30(28)37)26-18-24-9-6-8-23(14-12-22-13-15-27(39)34-19-22)29(24)32(41)38(26)25-10-4-3-5-11-25/h3-11,13,15-20H,1-2H3,(H,34,39)(H,35,40)/t20-/m0/s1. The van der Waals surface area contributed by atoms with Crippen molar-refractivity contribution in [3.05, 3.63) is 140 Å². The van der Waals surface area contributed by atoms with Gasteiger partial charge in [0.05, 0.1) is 17.1 Å². The van der Waals surface area contributed by atoms with Gasteiger partial charge in [0.15, 0.2) is 5.65 Å². The quantitative estimate of drug-likeness (QED) is 0.329. The maximum absolute atomic E-state index is 14.2. The van der Waals surface area contributed by atoms with E-state index < -0.39 is 6.04 Å². The minimum atomic E-state index is -0.547. The van der Waals surface area contributed by atoms with Crippen molar-refractivity contribution in [2.24, 2.45) is 0 Å². The number of aromatic nitrogens is 5. The topological polar surface area (TPSA) is 114 Å². The van der Waals surface area contributed by atoms with Crippen LogP contribution in [0.2, 0.25) is 0 Å². The first-order chi connectivity index (χ1) is 19.9. The number of para-hydroxylation sites is 1. The van der Waals surface area contributed by atoms with Crippen molar-refractivity contribution in [3.63, 3.8) is 0 Å². The van der Waals surface area contributed by atoms with Crippen LogP contribution in [0, 0.1) is 18.8 Å². The summed E-state index contributed by atoms with van der Waals surface area (Å²) in [5.41, 5.74) is 3.36. The highest BCUT2D eigenvalue weighted by Crippen LogP contribution is 2.24. The Morgan fingerprint density at radius 1 is 1.00 bits per heavy atom. The molecule has 4 heterocycles. The van der Waals surface area contributed by atoms with Gasteiger partial charge in [-0.25, -0.2) is 9.50 Å². The molecular weight excluding hydrogens is 516 g/mol. The molecule has 1 atom stereocenters. The van der Waals surface area contributed by atoms with Crippen molar-refractivity contribution in [2.75, 3.05) is 0 Å². The molecule has 4 aromatic heterocycles. The van der Waals surface area contributed by atoms with Crippen LogP contribution in [0.5, 0.6) is 0 Å². The fourth-order valence-corrected chi connectivity index (χ4v) is 4.88.